The first kappa shape index (κ1) is 40.4. The summed E-state index contributed by atoms with van der Waals surface area (Å²) in [4.78, 5) is 41.6. The summed E-state index contributed by atoms with van der Waals surface area (Å²) in [5.41, 5.74) is 9.95. The van der Waals surface area contributed by atoms with Crippen LogP contribution in [0, 0.1) is 5.92 Å². The van der Waals surface area contributed by atoms with Crippen molar-refractivity contribution < 1.29 is 29.0 Å². The van der Waals surface area contributed by atoms with Crippen molar-refractivity contribution in [3.05, 3.63) is 89.5 Å². The van der Waals surface area contributed by atoms with Gasteiger partial charge in [0.1, 0.15) is 0 Å². The van der Waals surface area contributed by atoms with Gasteiger partial charge in [-0.1, -0.05) is 61.4 Å². The van der Waals surface area contributed by atoms with Crippen molar-refractivity contribution in [2.45, 2.75) is 134 Å². The molecule has 2 heterocycles. The summed E-state index contributed by atoms with van der Waals surface area (Å²) in [7, 11) is 0. The number of nitrogens with zero attached hydrogens (tertiary/aromatic N) is 1. The number of aliphatic hydroxyl groups excluding tert-OH is 1. The first-order chi connectivity index (χ1) is 26.5. The van der Waals surface area contributed by atoms with E-state index < -0.39 is 6.29 Å². The lowest BCUT2D eigenvalue weighted by Crippen LogP contribution is -2.61. The smallest absolute Gasteiger partial charge is 0.237 e. The van der Waals surface area contributed by atoms with E-state index in [9.17, 15) is 19.5 Å². The van der Waals surface area contributed by atoms with Crippen molar-refractivity contribution >= 4 is 34.8 Å². The van der Waals surface area contributed by atoms with Crippen molar-refractivity contribution in [1.82, 2.24) is 10.2 Å². The van der Waals surface area contributed by atoms with Gasteiger partial charge in [0.2, 0.25) is 17.7 Å². The van der Waals surface area contributed by atoms with Crippen LogP contribution in [0.5, 0.6) is 0 Å². The largest absolute Gasteiger partial charge is 0.397 e. The monoisotopic (exact) mass is 753 g/mol. The van der Waals surface area contributed by atoms with E-state index in [2.05, 4.69) is 20.9 Å². The molecule has 2 saturated heterocycles. The number of carbonyl (C=O) groups excluding carboxylic acids is 3. The minimum Gasteiger partial charge on any atom is -0.397 e. The maximum atomic E-state index is 13.8. The molecule has 3 aromatic carbocycles. The Balaban J connectivity index is 1.13. The number of unbranched alkanes of at least 4 members (excludes halogenated alkanes) is 1. The van der Waals surface area contributed by atoms with Crippen LogP contribution in [-0.4, -0.2) is 58.0 Å². The summed E-state index contributed by atoms with van der Waals surface area (Å²) in [5, 5.41) is 18.8. The predicted octanol–water partition coefficient (Wildman–Crippen LogP) is 7.38. The average molecular weight is 754 g/mol. The number of nitrogens with one attached hydrogen (secondary N) is 3. The number of likely N-dealkylation sites (tertiary alicyclic amines) is 1. The standard InChI is InChI=1S/C44H59N5O6/c1-44(2,3)48-42(53)38-24-23-30-11-4-7-16-37(30)49(38)27-34-26-39(31-21-19-29(28-50)20-22-31)55-43(54-34)32-12-10-13-33(25-32)46-40(51)17-8-9-18-41(52)47-36-15-6-5-14-35(36)45/h5-6,10,12-15,19-22,25,30,34,37-39,43,50H,4,7-9,11,16-18,23-24,26-28,45H2,1-3H3,(H,46,51)(H,47,52)(H,48,53)/t30-,34+,37-,38-,39-,43-/m1/s1. The number of hydrogen-bond donors (Lipinski definition) is 5. The molecule has 0 spiro atoms. The van der Waals surface area contributed by atoms with Crippen molar-refractivity contribution in [3.8, 4) is 0 Å². The summed E-state index contributed by atoms with van der Waals surface area (Å²) in [6, 6.07) is 22.7. The van der Waals surface area contributed by atoms with Crippen LogP contribution in [0.15, 0.2) is 72.8 Å². The Bertz CT molecular complexity index is 1760. The van der Waals surface area contributed by atoms with E-state index in [0.717, 1.165) is 36.0 Å². The van der Waals surface area contributed by atoms with Crippen molar-refractivity contribution in [2.24, 2.45) is 5.92 Å². The van der Waals surface area contributed by atoms with Gasteiger partial charge in [0.25, 0.3) is 0 Å². The Morgan fingerprint density at radius 2 is 1.56 bits per heavy atom. The number of nitrogens with two attached hydrogens (primary N) is 1. The number of amides is 3. The molecule has 0 aromatic heterocycles. The predicted molar refractivity (Wildman–Crippen MR) is 215 cm³/mol. The zero-order valence-corrected chi connectivity index (χ0v) is 32.6. The molecule has 6 rings (SSSR count). The Labute approximate surface area is 325 Å². The summed E-state index contributed by atoms with van der Waals surface area (Å²) in [5.74, 6) is 0.389. The van der Waals surface area contributed by atoms with Crippen molar-refractivity contribution in [2.75, 3.05) is 22.9 Å². The van der Waals surface area contributed by atoms with Gasteiger partial charge in [0, 0.05) is 48.6 Å². The van der Waals surface area contributed by atoms with E-state index in [0.29, 0.717) is 61.2 Å². The fourth-order valence-electron chi connectivity index (χ4n) is 8.38. The Hall–Kier alpha value is -4.29. The SMILES string of the molecule is CC(C)(C)NC(=O)[C@H]1CC[C@H]2CCCC[C@H]2N1C[C@@H]1C[C@H](c2ccc(CO)cc2)O[C@H](c2cccc(NC(=O)CCCCC(=O)Nc3ccccc3N)c2)O1. The van der Waals surface area contributed by atoms with Gasteiger partial charge in [-0.25, -0.2) is 0 Å². The molecule has 2 aliphatic heterocycles. The Morgan fingerprint density at radius 1 is 0.836 bits per heavy atom. The van der Waals surface area contributed by atoms with Gasteiger partial charge in [-0.3, -0.25) is 19.3 Å². The maximum absolute atomic E-state index is 13.8. The van der Waals surface area contributed by atoms with Gasteiger partial charge in [-0.05, 0) is 101 Å². The van der Waals surface area contributed by atoms with Crippen LogP contribution < -0.4 is 21.7 Å². The first-order valence-electron chi connectivity index (χ1n) is 20.1. The van der Waals surface area contributed by atoms with Crippen LogP contribution >= 0.6 is 0 Å². The number of aliphatic hydroxyl groups is 1. The molecule has 1 saturated carbocycles. The second kappa shape index (κ2) is 18.6. The summed E-state index contributed by atoms with van der Waals surface area (Å²) in [6.07, 6.45) is 7.69. The normalized spacial score (nSPS) is 24.4. The Morgan fingerprint density at radius 3 is 2.29 bits per heavy atom. The third-order valence-electron chi connectivity index (χ3n) is 11.1. The topological polar surface area (TPSA) is 155 Å². The summed E-state index contributed by atoms with van der Waals surface area (Å²) in [6.45, 7) is 6.67. The molecule has 55 heavy (non-hydrogen) atoms. The van der Waals surface area contributed by atoms with Crippen LogP contribution in [0.2, 0.25) is 0 Å². The van der Waals surface area contributed by atoms with Crippen LogP contribution in [0.3, 0.4) is 0 Å². The van der Waals surface area contributed by atoms with E-state index in [4.69, 9.17) is 15.2 Å². The Kier molecular flexibility index (Phi) is 13.6. The van der Waals surface area contributed by atoms with Gasteiger partial charge < -0.3 is 36.3 Å². The molecule has 296 valence electrons. The molecule has 11 nitrogen and oxygen atoms in total. The number of para-hydroxylation sites is 2. The number of nitrogen functional groups attached to an aromatic ring is 1. The highest BCUT2D eigenvalue weighted by Crippen LogP contribution is 2.42. The third-order valence-corrected chi connectivity index (χ3v) is 11.1. The van der Waals surface area contributed by atoms with E-state index in [-0.39, 0.29) is 54.5 Å². The highest BCUT2D eigenvalue weighted by Gasteiger charge is 2.44. The lowest BCUT2D eigenvalue weighted by molar-refractivity contribution is -0.255. The molecule has 3 amide bonds. The molecule has 6 N–H and O–H groups in total. The minimum atomic E-state index is -0.705. The number of piperidine rings is 1. The van der Waals surface area contributed by atoms with E-state index in [1.54, 1.807) is 12.1 Å². The molecular formula is C44H59N5O6. The summed E-state index contributed by atoms with van der Waals surface area (Å²) >= 11 is 0. The second-order valence-corrected chi connectivity index (χ2v) is 16.5. The molecule has 6 atom stereocenters. The van der Waals surface area contributed by atoms with Crippen LogP contribution in [-0.2, 0) is 30.5 Å². The van der Waals surface area contributed by atoms with Gasteiger partial charge in [-0.2, -0.15) is 0 Å². The van der Waals surface area contributed by atoms with Gasteiger partial charge in [-0.15, -0.1) is 0 Å². The molecule has 11 heteroatoms. The van der Waals surface area contributed by atoms with Gasteiger partial charge >= 0.3 is 0 Å². The number of anilines is 3. The van der Waals surface area contributed by atoms with E-state index in [1.807, 2.05) is 81.4 Å². The molecule has 0 bridgehead atoms. The van der Waals surface area contributed by atoms with Gasteiger partial charge in [0.05, 0.1) is 36.2 Å². The lowest BCUT2D eigenvalue weighted by Gasteiger charge is -2.50. The van der Waals surface area contributed by atoms with E-state index >= 15 is 0 Å². The number of carbonyl (C=O) groups is 3. The minimum absolute atomic E-state index is 0.0344. The quantitative estimate of drug-likeness (QED) is 0.0895. The van der Waals surface area contributed by atoms with Crippen LogP contribution in [0.4, 0.5) is 17.1 Å². The molecule has 3 fully saturated rings. The number of benzene rings is 3. The van der Waals surface area contributed by atoms with Gasteiger partial charge in [0.15, 0.2) is 6.29 Å². The third kappa shape index (κ3) is 11.2. The molecule has 0 unspecified atom stereocenters. The van der Waals surface area contributed by atoms with Crippen LogP contribution in [0.1, 0.15) is 120 Å². The first-order valence-corrected chi connectivity index (χ1v) is 20.1. The highest BCUT2D eigenvalue weighted by atomic mass is 16.7. The zero-order chi connectivity index (χ0) is 39.0. The zero-order valence-electron chi connectivity index (χ0n) is 32.6. The fourth-order valence-corrected chi connectivity index (χ4v) is 8.38. The molecule has 0 radical (unpaired) electrons. The number of ether oxygens (including phenoxy) is 2. The highest BCUT2D eigenvalue weighted by molar-refractivity contribution is 5.94. The number of hydrogen-bond acceptors (Lipinski definition) is 8. The maximum Gasteiger partial charge on any atom is 0.237 e. The molecule has 3 aromatic rings. The lowest BCUT2D eigenvalue weighted by atomic mass is 9.75. The molecule has 1 aliphatic carbocycles. The summed E-state index contributed by atoms with van der Waals surface area (Å²) < 4.78 is 13.5. The van der Waals surface area contributed by atoms with E-state index in [1.165, 1.54) is 19.3 Å². The second-order valence-electron chi connectivity index (χ2n) is 16.5. The molecule has 3 aliphatic rings. The average Bonchev–Trinajstić information content (AvgIpc) is 3.17. The van der Waals surface area contributed by atoms with Crippen LogP contribution in [0.25, 0.3) is 0 Å². The number of rotatable bonds is 13. The van der Waals surface area contributed by atoms with Crippen molar-refractivity contribution in [3.63, 3.8) is 0 Å². The fraction of sp³-hybridized carbons (Fsp3) is 0.523. The van der Waals surface area contributed by atoms with Crippen molar-refractivity contribution in [1.29, 1.82) is 0 Å². The molecular weight excluding hydrogens is 695 g/mol. The number of fused-ring (bicyclic) bond motifs is 1.